The fraction of sp³-hybridized carbons (Fsp3) is 0.444. The highest BCUT2D eigenvalue weighted by atomic mass is 19.4. The lowest BCUT2D eigenvalue weighted by molar-refractivity contribution is -0.146. The second-order valence-corrected chi connectivity index (χ2v) is 6.63. The van der Waals surface area contributed by atoms with Gasteiger partial charge in [-0.05, 0) is 36.3 Å². The monoisotopic (exact) mass is 428 g/mol. The van der Waals surface area contributed by atoms with E-state index < -0.39 is 29.9 Å². The van der Waals surface area contributed by atoms with Crippen molar-refractivity contribution < 1.29 is 36.8 Å². The summed E-state index contributed by atoms with van der Waals surface area (Å²) < 4.78 is 53.0. The normalized spacial score (nSPS) is 14.8. The van der Waals surface area contributed by atoms with Crippen molar-refractivity contribution in [3.05, 3.63) is 29.6 Å². The fourth-order valence-electron chi connectivity index (χ4n) is 2.85. The number of esters is 1. The molecular weight excluding hydrogens is 409 g/mol. The number of benzene rings is 1. The van der Waals surface area contributed by atoms with Crippen LogP contribution in [-0.4, -0.2) is 52.7 Å². The minimum atomic E-state index is -4.82. The number of halogens is 3. The Bertz CT molecular complexity index is 925. The number of nitrogens with one attached hydrogen (secondary N) is 1. The highest BCUT2D eigenvalue weighted by molar-refractivity contribution is 6.05. The van der Waals surface area contributed by atoms with Crippen LogP contribution in [0.25, 0.3) is 0 Å². The van der Waals surface area contributed by atoms with Crippen molar-refractivity contribution in [2.24, 2.45) is 0 Å². The standard InChI is InChI=1S/C18H19F3N4O5/c1-3-6-25-8-12(9-25)29-11-4-5-14(28-10(2)26)13(7-11)15(27)22-17-23-16(24-30-17)18(19,20)21/h4-5,7,12H,3,6,8-9H2,1-2H3,(H,22,23,24,27). The average molecular weight is 428 g/mol. The van der Waals surface area contributed by atoms with Gasteiger partial charge in [0.1, 0.15) is 17.6 Å². The number of carbonyl (C=O) groups excluding carboxylic acids is 2. The molecule has 0 atom stereocenters. The summed E-state index contributed by atoms with van der Waals surface area (Å²) in [5.41, 5.74) is -0.140. The van der Waals surface area contributed by atoms with Crippen LogP contribution in [0.1, 0.15) is 36.5 Å². The van der Waals surface area contributed by atoms with Gasteiger partial charge in [-0.25, -0.2) is 0 Å². The summed E-state index contributed by atoms with van der Waals surface area (Å²) in [6.45, 7) is 5.67. The molecule has 1 aliphatic heterocycles. The molecule has 1 saturated heterocycles. The molecule has 0 unspecified atom stereocenters. The van der Waals surface area contributed by atoms with Gasteiger partial charge in [0.05, 0.1) is 5.56 Å². The summed E-state index contributed by atoms with van der Waals surface area (Å²) in [6, 6.07) is 3.48. The molecule has 1 N–H and O–H groups in total. The largest absolute Gasteiger partial charge is 0.488 e. The Morgan fingerprint density at radius 3 is 2.67 bits per heavy atom. The first-order valence-corrected chi connectivity index (χ1v) is 9.09. The molecule has 162 valence electrons. The lowest BCUT2D eigenvalue weighted by atomic mass is 10.1. The lowest BCUT2D eigenvalue weighted by Gasteiger charge is -2.38. The van der Waals surface area contributed by atoms with E-state index in [2.05, 4.69) is 31.8 Å². The van der Waals surface area contributed by atoms with Gasteiger partial charge in [0, 0.05) is 20.0 Å². The summed E-state index contributed by atoms with van der Waals surface area (Å²) in [7, 11) is 0. The van der Waals surface area contributed by atoms with E-state index >= 15 is 0 Å². The van der Waals surface area contributed by atoms with Crippen LogP contribution >= 0.6 is 0 Å². The number of anilines is 1. The molecule has 0 saturated carbocycles. The molecular formula is C18H19F3N4O5. The maximum Gasteiger partial charge on any atom is 0.455 e. The van der Waals surface area contributed by atoms with Crippen LogP contribution in [0.4, 0.5) is 19.2 Å². The number of ether oxygens (including phenoxy) is 2. The van der Waals surface area contributed by atoms with Crippen molar-refractivity contribution in [3.63, 3.8) is 0 Å². The Kier molecular flexibility index (Phi) is 6.25. The smallest absolute Gasteiger partial charge is 0.455 e. The molecule has 0 radical (unpaired) electrons. The number of hydrogen-bond donors (Lipinski definition) is 1. The highest BCUT2D eigenvalue weighted by Crippen LogP contribution is 2.29. The van der Waals surface area contributed by atoms with Crippen molar-refractivity contribution in [1.82, 2.24) is 15.0 Å². The molecule has 3 rings (SSSR count). The summed E-state index contributed by atoms with van der Waals surface area (Å²) in [6.07, 6.45) is -3.85. The van der Waals surface area contributed by atoms with Gasteiger partial charge in [0.25, 0.3) is 11.7 Å². The zero-order chi connectivity index (χ0) is 21.9. The molecule has 2 aromatic rings. The van der Waals surface area contributed by atoms with E-state index in [9.17, 15) is 22.8 Å². The Morgan fingerprint density at radius 2 is 2.07 bits per heavy atom. The molecule has 1 aromatic heterocycles. The van der Waals surface area contributed by atoms with E-state index in [-0.39, 0.29) is 17.4 Å². The van der Waals surface area contributed by atoms with Crippen LogP contribution in [0.2, 0.25) is 0 Å². The molecule has 2 heterocycles. The molecule has 1 aliphatic rings. The van der Waals surface area contributed by atoms with Crippen molar-refractivity contribution in [1.29, 1.82) is 0 Å². The summed E-state index contributed by atoms with van der Waals surface area (Å²) in [5.74, 6) is -2.86. The van der Waals surface area contributed by atoms with Crippen LogP contribution in [0.5, 0.6) is 11.5 Å². The number of alkyl halides is 3. The van der Waals surface area contributed by atoms with Crippen molar-refractivity contribution in [2.75, 3.05) is 25.0 Å². The minimum Gasteiger partial charge on any atom is -0.488 e. The van der Waals surface area contributed by atoms with Crippen molar-refractivity contribution >= 4 is 17.9 Å². The van der Waals surface area contributed by atoms with Gasteiger partial charge in [-0.1, -0.05) is 6.92 Å². The van der Waals surface area contributed by atoms with Gasteiger partial charge in [0.15, 0.2) is 0 Å². The molecule has 0 aliphatic carbocycles. The van der Waals surface area contributed by atoms with Crippen molar-refractivity contribution in [2.45, 2.75) is 32.5 Å². The number of carbonyl (C=O) groups is 2. The number of hydrogen-bond acceptors (Lipinski definition) is 8. The van der Waals surface area contributed by atoms with E-state index in [1.807, 2.05) is 0 Å². The number of amides is 1. The van der Waals surface area contributed by atoms with Crippen LogP contribution in [0.3, 0.4) is 0 Å². The molecule has 12 heteroatoms. The zero-order valence-electron chi connectivity index (χ0n) is 16.2. The van der Waals surface area contributed by atoms with Crippen molar-refractivity contribution in [3.8, 4) is 11.5 Å². The third kappa shape index (κ3) is 5.26. The Balaban J connectivity index is 1.75. The second-order valence-electron chi connectivity index (χ2n) is 6.63. The summed E-state index contributed by atoms with van der Waals surface area (Å²) in [4.78, 5) is 29.2. The number of rotatable bonds is 7. The predicted octanol–water partition coefficient (Wildman–Crippen LogP) is 2.74. The van der Waals surface area contributed by atoms with E-state index in [1.165, 1.54) is 18.2 Å². The van der Waals surface area contributed by atoms with Crippen LogP contribution in [0.15, 0.2) is 22.7 Å². The maximum atomic E-state index is 12.6. The number of aromatic nitrogens is 2. The van der Waals surface area contributed by atoms with Crippen LogP contribution in [-0.2, 0) is 11.0 Å². The summed E-state index contributed by atoms with van der Waals surface area (Å²) >= 11 is 0. The minimum absolute atomic E-state index is 0.0580. The molecule has 0 spiro atoms. The van der Waals surface area contributed by atoms with E-state index in [0.717, 1.165) is 33.0 Å². The fourth-order valence-corrected chi connectivity index (χ4v) is 2.85. The van der Waals surface area contributed by atoms with E-state index in [1.54, 1.807) is 0 Å². The highest BCUT2D eigenvalue weighted by Gasteiger charge is 2.37. The topological polar surface area (TPSA) is 107 Å². The lowest BCUT2D eigenvalue weighted by Crippen LogP contribution is -2.53. The molecule has 30 heavy (non-hydrogen) atoms. The molecule has 9 nitrogen and oxygen atoms in total. The quantitative estimate of drug-likeness (QED) is 0.530. The van der Waals surface area contributed by atoms with Crippen LogP contribution in [0, 0.1) is 0 Å². The number of nitrogens with zero attached hydrogens (tertiary/aromatic N) is 3. The van der Waals surface area contributed by atoms with Gasteiger partial charge in [-0.15, -0.1) is 0 Å². The van der Waals surface area contributed by atoms with E-state index in [4.69, 9.17) is 9.47 Å². The van der Waals surface area contributed by atoms with Gasteiger partial charge in [0.2, 0.25) is 0 Å². The Morgan fingerprint density at radius 1 is 1.33 bits per heavy atom. The maximum absolute atomic E-state index is 12.6. The molecule has 1 fully saturated rings. The SMILES string of the molecule is CCCN1CC(Oc2ccc(OC(C)=O)c(C(=O)Nc3nc(C(F)(F)F)no3)c2)C1. The second kappa shape index (κ2) is 8.69. The first kappa shape index (κ1) is 21.6. The van der Waals surface area contributed by atoms with Crippen LogP contribution < -0.4 is 14.8 Å². The third-order valence-electron chi connectivity index (χ3n) is 4.12. The molecule has 0 bridgehead atoms. The third-order valence-corrected chi connectivity index (χ3v) is 4.12. The molecule has 1 amide bonds. The molecule has 1 aromatic carbocycles. The van der Waals surface area contributed by atoms with Gasteiger partial charge >= 0.3 is 18.2 Å². The average Bonchev–Trinajstić information content (AvgIpc) is 3.09. The first-order chi connectivity index (χ1) is 14.2. The van der Waals surface area contributed by atoms with Gasteiger partial charge in [-0.2, -0.15) is 18.2 Å². The zero-order valence-corrected chi connectivity index (χ0v) is 16.2. The first-order valence-electron chi connectivity index (χ1n) is 9.09. The van der Waals surface area contributed by atoms with E-state index in [0.29, 0.717) is 5.75 Å². The van der Waals surface area contributed by atoms with Gasteiger partial charge in [-0.3, -0.25) is 19.8 Å². The number of likely N-dealkylation sites (tertiary alicyclic amines) is 1. The Hall–Kier alpha value is -3.15. The Labute approximate surface area is 169 Å². The van der Waals surface area contributed by atoms with Gasteiger partial charge < -0.3 is 14.0 Å². The summed E-state index contributed by atoms with van der Waals surface area (Å²) in [5, 5.41) is 4.82. The predicted molar refractivity (Wildman–Crippen MR) is 96.2 cm³/mol.